The monoisotopic (exact) mass is 491 g/mol. The Kier molecular flexibility index (Phi) is 6.72. The number of nitrogens with one attached hydrogen (secondary N) is 3. The van der Waals surface area contributed by atoms with Crippen LogP contribution in [-0.4, -0.2) is 81.9 Å². The average Bonchev–Trinajstić information content (AvgIpc) is 3.36. The van der Waals surface area contributed by atoms with Gasteiger partial charge in [-0.3, -0.25) is 14.9 Å². The molecular weight excluding hydrogens is 462 g/mol. The number of amides is 3. The van der Waals surface area contributed by atoms with E-state index >= 15 is 0 Å². The summed E-state index contributed by atoms with van der Waals surface area (Å²) in [5, 5.41) is 17.5. The Morgan fingerprint density at radius 3 is 2.75 bits per heavy atom. The molecule has 1 saturated heterocycles. The maximum absolute atomic E-state index is 13.1. The molecule has 11 nitrogen and oxygen atoms in total. The van der Waals surface area contributed by atoms with Gasteiger partial charge in [0, 0.05) is 42.9 Å². The first-order chi connectivity index (χ1) is 17.5. The van der Waals surface area contributed by atoms with E-state index in [4.69, 9.17) is 4.74 Å². The zero-order valence-corrected chi connectivity index (χ0v) is 20.1. The number of hydrogen-bond acceptors (Lipinski definition) is 7. The molecule has 11 heteroatoms. The summed E-state index contributed by atoms with van der Waals surface area (Å²) in [6.07, 6.45) is 1.67. The summed E-state index contributed by atoms with van der Waals surface area (Å²) in [7, 11) is 0. The Bertz CT molecular complexity index is 1270. The molecule has 36 heavy (non-hydrogen) atoms. The molecule has 2 aliphatic rings. The topological polar surface area (TPSA) is 123 Å². The predicted octanol–water partition coefficient (Wildman–Crippen LogP) is 2.40. The fraction of sp³-hybridized carbons (Fsp3) is 0.360. The number of hydrogen-bond donors (Lipinski definition) is 3. The number of piperazine rings is 1. The van der Waals surface area contributed by atoms with Crippen molar-refractivity contribution in [1.29, 1.82) is 0 Å². The zero-order chi connectivity index (χ0) is 25.1. The van der Waals surface area contributed by atoms with Crippen LogP contribution >= 0.6 is 0 Å². The van der Waals surface area contributed by atoms with Gasteiger partial charge in [-0.05, 0) is 36.8 Å². The number of aromatic nitrogens is 2. The number of rotatable bonds is 7. The van der Waals surface area contributed by atoms with Crippen LogP contribution in [0.25, 0.3) is 10.9 Å². The number of fused-ring (bicyclic) bond motifs is 2. The Hall–Kier alpha value is -4.12. The van der Waals surface area contributed by atoms with E-state index < -0.39 is 12.0 Å². The van der Waals surface area contributed by atoms with Crippen LogP contribution in [0.3, 0.4) is 0 Å². The molecule has 3 aromatic rings. The lowest BCUT2D eigenvalue weighted by molar-refractivity contribution is -0.147. The van der Waals surface area contributed by atoms with Crippen molar-refractivity contribution in [1.82, 2.24) is 25.1 Å². The highest BCUT2D eigenvalue weighted by Gasteiger charge is 2.32. The summed E-state index contributed by atoms with van der Waals surface area (Å²) < 4.78 is 5.22. The first-order valence-electron chi connectivity index (χ1n) is 12.1. The summed E-state index contributed by atoms with van der Waals surface area (Å²) in [6.45, 7) is 4.42. The fourth-order valence-corrected chi connectivity index (χ4v) is 4.58. The first-order valence-corrected chi connectivity index (χ1v) is 12.1. The van der Waals surface area contributed by atoms with Crippen molar-refractivity contribution in [2.75, 3.05) is 43.4 Å². The summed E-state index contributed by atoms with van der Waals surface area (Å²) in [5.41, 5.74) is 3.47. The largest absolute Gasteiger partial charge is 0.464 e. The highest BCUT2D eigenvalue weighted by atomic mass is 16.5. The average molecular weight is 492 g/mol. The molecule has 0 aliphatic carbocycles. The summed E-state index contributed by atoms with van der Waals surface area (Å²) >= 11 is 0. The Morgan fingerprint density at radius 1 is 1.14 bits per heavy atom. The number of anilines is 2. The van der Waals surface area contributed by atoms with E-state index in [0.717, 1.165) is 22.2 Å². The lowest BCUT2D eigenvalue weighted by Crippen LogP contribution is -2.58. The van der Waals surface area contributed by atoms with Gasteiger partial charge in [0.25, 0.3) is 0 Å². The molecule has 0 saturated carbocycles. The predicted molar refractivity (Wildman–Crippen MR) is 134 cm³/mol. The lowest BCUT2D eigenvalue weighted by Gasteiger charge is -2.42. The van der Waals surface area contributed by atoms with Gasteiger partial charge in [0.05, 0.1) is 31.3 Å². The molecule has 5 rings (SSSR count). The van der Waals surface area contributed by atoms with Crippen molar-refractivity contribution >= 4 is 40.2 Å². The summed E-state index contributed by atoms with van der Waals surface area (Å²) in [4.78, 5) is 40.1. The second-order valence-electron chi connectivity index (χ2n) is 8.80. The summed E-state index contributed by atoms with van der Waals surface area (Å²) in [6, 6.07) is 12.3. The zero-order valence-electron chi connectivity index (χ0n) is 20.1. The van der Waals surface area contributed by atoms with Gasteiger partial charge in [-0.2, -0.15) is 5.10 Å². The SMILES string of the molecule is CCOC(=O)C(CC(=O)N1CCN(N2Cc3ccccc3NC2=O)CC1)Nc1ccc2[nH]ncc2c1. The van der Waals surface area contributed by atoms with Crippen LogP contribution in [0.1, 0.15) is 18.9 Å². The highest BCUT2D eigenvalue weighted by Crippen LogP contribution is 2.25. The van der Waals surface area contributed by atoms with Crippen molar-refractivity contribution in [3.8, 4) is 0 Å². The Morgan fingerprint density at radius 2 is 1.94 bits per heavy atom. The van der Waals surface area contributed by atoms with Gasteiger partial charge in [0.2, 0.25) is 5.91 Å². The molecule has 1 aromatic heterocycles. The molecule has 0 spiro atoms. The third-order valence-electron chi connectivity index (χ3n) is 6.49. The number of urea groups is 1. The van der Waals surface area contributed by atoms with Crippen LogP contribution < -0.4 is 10.6 Å². The molecule has 1 unspecified atom stereocenters. The third kappa shape index (κ3) is 4.96. The van der Waals surface area contributed by atoms with E-state index in [1.807, 2.05) is 47.5 Å². The minimum Gasteiger partial charge on any atom is -0.464 e. The molecule has 3 heterocycles. The molecule has 3 amide bonds. The van der Waals surface area contributed by atoms with Crippen LogP contribution in [0, 0.1) is 0 Å². The van der Waals surface area contributed by atoms with Gasteiger partial charge in [-0.15, -0.1) is 0 Å². The molecule has 188 valence electrons. The number of benzene rings is 2. The molecule has 2 aliphatic heterocycles. The molecule has 2 aromatic carbocycles. The van der Waals surface area contributed by atoms with Crippen molar-refractivity contribution in [3.63, 3.8) is 0 Å². The van der Waals surface area contributed by atoms with Gasteiger partial charge in [0.1, 0.15) is 6.04 Å². The second-order valence-corrected chi connectivity index (χ2v) is 8.80. The van der Waals surface area contributed by atoms with Crippen molar-refractivity contribution < 1.29 is 19.1 Å². The van der Waals surface area contributed by atoms with Crippen LogP contribution in [0.5, 0.6) is 0 Å². The van der Waals surface area contributed by atoms with Crippen molar-refractivity contribution in [2.45, 2.75) is 25.9 Å². The van der Waals surface area contributed by atoms with Gasteiger partial charge >= 0.3 is 12.0 Å². The third-order valence-corrected chi connectivity index (χ3v) is 6.49. The standard InChI is InChI=1S/C25H29N7O4/c1-2-36-24(34)22(27-19-7-8-21-18(13-19)15-26-29-21)14-23(33)30-9-11-31(12-10-30)32-16-17-5-3-4-6-20(17)28-25(32)35/h3-8,13,15,22,27H,2,9-12,14,16H2,1H3,(H,26,29)(H,28,35). The summed E-state index contributed by atoms with van der Waals surface area (Å²) in [5.74, 6) is -0.613. The van der Waals surface area contributed by atoms with E-state index in [0.29, 0.717) is 38.4 Å². The maximum Gasteiger partial charge on any atom is 0.336 e. The van der Waals surface area contributed by atoms with E-state index in [1.165, 1.54) is 0 Å². The number of ether oxygens (including phenoxy) is 1. The highest BCUT2D eigenvalue weighted by molar-refractivity contribution is 5.92. The number of aromatic amines is 1. The van der Waals surface area contributed by atoms with E-state index in [2.05, 4.69) is 20.8 Å². The van der Waals surface area contributed by atoms with Crippen LogP contribution in [0.2, 0.25) is 0 Å². The Balaban J connectivity index is 1.20. The van der Waals surface area contributed by atoms with Gasteiger partial charge in [-0.1, -0.05) is 18.2 Å². The van der Waals surface area contributed by atoms with E-state index in [1.54, 1.807) is 23.0 Å². The molecule has 0 radical (unpaired) electrons. The number of carbonyl (C=O) groups excluding carboxylic acids is 3. The number of H-pyrrole nitrogens is 1. The first kappa shape index (κ1) is 23.6. The molecule has 1 fully saturated rings. The van der Waals surface area contributed by atoms with Crippen LogP contribution in [0.4, 0.5) is 16.2 Å². The molecule has 3 N–H and O–H groups in total. The van der Waals surface area contributed by atoms with Gasteiger partial charge in [0.15, 0.2) is 0 Å². The van der Waals surface area contributed by atoms with Gasteiger partial charge in [-0.25, -0.2) is 14.6 Å². The number of hydrazine groups is 1. The Labute approximate surface area is 208 Å². The smallest absolute Gasteiger partial charge is 0.336 e. The number of carbonyl (C=O) groups is 3. The molecule has 1 atom stereocenters. The minimum absolute atomic E-state index is 0.0279. The quantitative estimate of drug-likeness (QED) is 0.434. The number of nitrogens with zero attached hydrogens (tertiary/aromatic N) is 4. The van der Waals surface area contributed by atoms with Crippen molar-refractivity contribution in [3.05, 3.63) is 54.2 Å². The van der Waals surface area contributed by atoms with Crippen LogP contribution in [0.15, 0.2) is 48.7 Å². The van der Waals surface area contributed by atoms with E-state index in [9.17, 15) is 14.4 Å². The fourth-order valence-electron chi connectivity index (χ4n) is 4.58. The number of para-hydroxylation sites is 1. The van der Waals surface area contributed by atoms with Crippen LogP contribution in [-0.2, 0) is 20.9 Å². The normalized spacial score (nSPS) is 16.9. The maximum atomic E-state index is 13.1. The minimum atomic E-state index is -0.816. The molecule has 0 bridgehead atoms. The lowest BCUT2D eigenvalue weighted by atomic mass is 10.1. The van der Waals surface area contributed by atoms with Gasteiger partial charge < -0.3 is 20.3 Å². The number of esters is 1. The van der Waals surface area contributed by atoms with Crippen molar-refractivity contribution in [2.24, 2.45) is 0 Å². The second kappa shape index (κ2) is 10.2. The molecular formula is C25H29N7O4. The van der Waals surface area contributed by atoms with E-state index in [-0.39, 0.29) is 25.0 Å².